The molecule has 6 heteroatoms. The molecule has 0 bridgehead atoms. The molecule has 3 rings (SSSR count). The van der Waals surface area contributed by atoms with Crippen LogP contribution in [0.15, 0.2) is 78.9 Å². The Kier molecular flexibility index (Phi) is 9.62. The lowest BCUT2D eigenvalue weighted by Gasteiger charge is -2.32. The summed E-state index contributed by atoms with van der Waals surface area (Å²) in [6.45, 7) is 7.53. The van der Waals surface area contributed by atoms with Gasteiger partial charge in [-0.25, -0.2) is 4.39 Å². The van der Waals surface area contributed by atoms with Crippen LogP contribution in [0.2, 0.25) is 0 Å². The Hall–Kier alpha value is -3.67. The summed E-state index contributed by atoms with van der Waals surface area (Å²) in [7, 11) is 0. The van der Waals surface area contributed by atoms with Crippen molar-refractivity contribution in [2.24, 2.45) is 0 Å². The van der Waals surface area contributed by atoms with Gasteiger partial charge in [-0.05, 0) is 43.0 Å². The summed E-state index contributed by atoms with van der Waals surface area (Å²) < 4.78 is 20.6. The van der Waals surface area contributed by atoms with Crippen LogP contribution < -0.4 is 10.1 Å². The predicted octanol–water partition coefficient (Wildman–Crippen LogP) is 5.49. The number of halogens is 1. The molecule has 3 aromatic rings. The van der Waals surface area contributed by atoms with Gasteiger partial charge in [0.05, 0.1) is 0 Å². The van der Waals surface area contributed by atoms with Gasteiger partial charge in [0.15, 0.2) is 6.61 Å². The highest BCUT2D eigenvalue weighted by Gasteiger charge is 2.31. The average Bonchev–Trinajstić information content (AvgIpc) is 2.86. The van der Waals surface area contributed by atoms with E-state index in [1.165, 1.54) is 11.0 Å². The first kappa shape index (κ1) is 26.9. The number of para-hydroxylation sites is 1. The van der Waals surface area contributed by atoms with Crippen LogP contribution in [0, 0.1) is 5.82 Å². The normalized spacial score (nSPS) is 11.9. The third-order valence-corrected chi connectivity index (χ3v) is 5.89. The van der Waals surface area contributed by atoms with Gasteiger partial charge in [-0.2, -0.15) is 0 Å². The molecule has 0 spiro atoms. The molecule has 3 aromatic carbocycles. The number of ether oxygens (including phenoxy) is 1. The second-order valence-corrected chi connectivity index (χ2v) is 9.46. The van der Waals surface area contributed by atoms with E-state index in [4.69, 9.17) is 4.74 Å². The number of carbonyl (C=O) groups is 2. The fourth-order valence-electron chi connectivity index (χ4n) is 4.06. The van der Waals surface area contributed by atoms with E-state index >= 15 is 0 Å². The van der Waals surface area contributed by atoms with Crippen molar-refractivity contribution in [1.82, 2.24) is 10.2 Å². The highest BCUT2D eigenvalue weighted by atomic mass is 19.1. The third-order valence-electron chi connectivity index (χ3n) is 5.89. The van der Waals surface area contributed by atoms with Gasteiger partial charge in [0.1, 0.15) is 17.6 Å². The van der Waals surface area contributed by atoms with Crippen molar-refractivity contribution in [2.75, 3.05) is 6.61 Å². The number of hydrogen-bond acceptors (Lipinski definition) is 3. The fraction of sp³-hybridized carbons (Fsp3) is 0.333. The van der Waals surface area contributed by atoms with E-state index in [2.05, 4.69) is 19.2 Å². The van der Waals surface area contributed by atoms with E-state index in [0.717, 1.165) is 11.1 Å². The maximum Gasteiger partial charge on any atom is 0.261 e. The summed E-state index contributed by atoms with van der Waals surface area (Å²) in [6.07, 6.45) is 0.294. The standard InChI is InChI=1S/C30H35FN2O3/c1-21(2)25-15-9-11-17-28(25)36-20-29(34)33(19-24-14-8-10-16-26(24)31)27(30(35)32-22(3)4)18-23-12-6-5-7-13-23/h5-17,21-22,27H,18-20H2,1-4H3,(H,32,35). The number of rotatable bonds is 11. The summed E-state index contributed by atoms with van der Waals surface area (Å²) in [5.74, 6) is -0.270. The number of nitrogens with one attached hydrogen (secondary N) is 1. The zero-order chi connectivity index (χ0) is 26.1. The quantitative estimate of drug-likeness (QED) is 0.387. The molecule has 2 amide bonds. The van der Waals surface area contributed by atoms with Gasteiger partial charge >= 0.3 is 0 Å². The molecule has 190 valence electrons. The van der Waals surface area contributed by atoms with Crippen molar-refractivity contribution >= 4 is 11.8 Å². The van der Waals surface area contributed by atoms with Crippen LogP contribution in [0.3, 0.4) is 0 Å². The number of nitrogens with zero attached hydrogens (tertiary/aromatic N) is 1. The van der Waals surface area contributed by atoms with Gasteiger partial charge in [0.25, 0.3) is 5.91 Å². The molecule has 0 saturated heterocycles. The molecule has 0 aliphatic carbocycles. The number of benzene rings is 3. The molecule has 1 unspecified atom stereocenters. The van der Waals surface area contributed by atoms with Crippen LogP contribution in [0.25, 0.3) is 0 Å². The van der Waals surface area contributed by atoms with Gasteiger partial charge in [0, 0.05) is 24.6 Å². The Bertz CT molecular complexity index is 1150. The third kappa shape index (κ3) is 7.41. The first-order chi connectivity index (χ1) is 17.3. The van der Waals surface area contributed by atoms with E-state index in [0.29, 0.717) is 17.7 Å². The van der Waals surface area contributed by atoms with E-state index in [1.54, 1.807) is 18.2 Å². The van der Waals surface area contributed by atoms with E-state index < -0.39 is 17.8 Å². The molecule has 1 atom stereocenters. The highest BCUT2D eigenvalue weighted by molar-refractivity contribution is 5.88. The van der Waals surface area contributed by atoms with Crippen LogP contribution in [0.5, 0.6) is 5.75 Å². The van der Waals surface area contributed by atoms with Crippen LogP contribution in [0.1, 0.15) is 50.3 Å². The molecule has 0 fully saturated rings. The molecular weight excluding hydrogens is 455 g/mol. The molecule has 36 heavy (non-hydrogen) atoms. The lowest BCUT2D eigenvalue weighted by molar-refractivity contribution is -0.143. The molecule has 0 saturated carbocycles. The largest absolute Gasteiger partial charge is 0.483 e. The van der Waals surface area contributed by atoms with Gasteiger partial charge in [-0.1, -0.05) is 80.6 Å². The number of amides is 2. The smallest absolute Gasteiger partial charge is 0.261 e. The minimum atomic E-state index is -0.842. The minimum absolute atomic E-state index is 0.0519. The Morgan fingerprint density at radius 3 is 2.19 bits per heavy atom. The molecule has 0 heterocycles. The lowest BCUT2D eigenvalue weighted by Crippen LogP contribution is -2.53. The second-order valence-electron chi connectivity index (χ2n) is 9.46. The Balaban J connectivity index is 1.94. The van der Waals surface area contributed by atoms with Gasteiger partial charge in [-0.3, -0.25) is 9.59 Å². The highest BCUT2D eigenvalue weighted by Crippen LogP contribution is 2.26. The fourth-order valence-corrected chi connectivity index (χ4v) is 4.06. The number of carbonyl (C=O) groups excluding carboxylic acids is 2. The zero-order valence-corrected chi connectivity index (χ0v) is 21.4. The second kappa shape index (κ2) is 12.9. The Labute approximate surface area is 213 Å². The zero-order valence-electron chi connectivity index (χ0n) is 21.4. The Morgan fingerprint density at radius 1 is 0.889 bits per heavy atom. The van der Waals surface area contributed by atoms with Crippen molar-refractivity contribution in [3.63, 3.8) is 0 Å². The molecule has 0 aliphatic rings. The summed E-state index contributed by atoms with van der Waals surface area (Å²) in [4.78, 5) is 28.4. The summed E-state index contributed by atoms with van der Waals surface area (Å²) in [6, 6.07) is 22.4. The predicted molar refractivity (Wildman–Crippen MR) is 140 cm³/mol. The maximum atomic E-state index is 14.6. The summed E-state index contributed by atoms with van der Waals surface area (Å²) >= 11 is 0. The molecule has 0 aliphatic heterocycles. The van der Waals surface area contributed by atoms with Gasteiger partial charge in [-0.15, -0.1) is 0 Å². The maximum absolute atomic E-state index is 14.6. The summed E-state index contributed by atoms with van der Waals surface area (Å²) in [5, 5.41) is 2.93. The molecular formula is C30H35FN2O3. The SMILES string of the molecule is CC(C)NC(=O)C(Cc1ccccc1)N(Cc1ccccc1F)C(=O)COc1ccccc1C(C)C. The molecule has 0 aromatic heterocycles. The topological polar surface area (TPSA) is 58.6 Å². The van der Waals surface area contributed by atoms with Crippen molar-refractivity contribution < 1.29 is 18.7 Å². The molecule has 5 nitrogen and oxygen atoms in total. The van der Waals surface area contributed by atoms with Gasteiger partial charge in [0.2, 0.25) is 5.91 Å². The minimum Gasteiger partial charge on any atom is -0.483 e. The van der Waals surface area contributed by atoms with E-state index in [1.807, 2.05) is 68.4 Å². The number of hydrogen-bond donors (Lipinski definition) is 1. The molecule has 1 N–H and O–H groups in total. The summed E-state index contributed by atoms with van der Waals surface area (Å²) in [5.41, 5.74) is 2.23. The van der Waals surface area contributed by atoms with E-state index in [9.17, 15) is 14.0 Å². The van der Waals surface area contributed by atoms with Gasteiger partial charge < -0.3 is 15.0 Å². The van der Waals surface area contributed by atoms with Crippen LogP contribution >= 0.6 is 0 Å². The monoisotopic (exact) mass is 490 g/mol. The Morgan fingerprint density at radius 2 is 1.53 bits per heavy atom. The van der Waals surface area contributed by atoms with Crippen molar-refractivity contribution in [1.29, 1.82) is 0 Å². The average molecular weight is 491 g/mol. The lowest BCUT2D eigenvalue weighted by atomic mass is 10.0. The van der Waals surface area contributed by atoms with Crippen molar-refractivity contribution in [2.45, 2.75) is 58.7 Å². The van der Waals surface area contributed by atoms with Crippen LogP contribution in [0.4, 0.5) is 4.39 Å². The molecule has 0 radical (unpaired) electrons. The first-order valence-electron chi connectivity index (χ1n) is 12.3. The van der Waals surface area contributed by atoms with E-state index in [-0.39, 0.29) is 31.0 Å². The van der Waals surface area contributed by atoms with Crippen LogP contribution in [-0.2, 0) is 22.6 Å². The van der Waals surface area contributed by atoms with Crippen molar-refractivity contribution in [3.05, 3.63) is 101 Å². The van der Waals surface area contributed by atoms with Crippen molar-refractivity contribution in [3.8, 4) is 5.75 Å². The van der Waals surface area contributed by atoms with Crippen LogP contribution in [-0.4, -0.2) is 35.4 Å². The first-order valence-corrected chi connectivity index (χ1v) is 12.3.